The summed E-state index contributed by atoms with van der Waals surface area (Å²) < 4.78 is 3.99. The molecule has 1 aromatic heterocycles. The molecule has 0 aliphatic carbocycles. The first-order chi connectivity index (χ1) is 6.77. The molecule has 0 N–H and O–H groups in total. The van der Waals surface area contributed by atoms with Crippen molar-refractivity contribution in [3.05, 3.63) is 36.2 Å². The monoisotopic (exact) mass is 204 g/mol. The molecule has 0 aliphatic rings. The Morgan fingerprint density at radius 3 is 2.36 bits per heavy atom. The molecule has 1 heterocycles. The molecule has 2 nitrogen and oxygen atoms in total. The normalized spacial score (nSPS) is 10.8. The van der Waals surface area contributed by atoms with Gasteiger partial charge in [0.2, 0.25) is 0 Å². The van der Waals surface area contributed by atoms with E-state index in [9.17, 15) is 0 Å². The van der Waals surface area contributed by atoms with Gasteiger partial charge in [0, 0.05) is 5.56 Å². The number of benzene rings is 1. The molecule has 0 bridgehead atoms. The maximum absolute atomic E-state index is 4.17. The van der Waals surface area contributed by atoms with Crippen molar-refractivity contribution >= 4 is 11.5 Å². The first-order valence-corrected chi connectivity index (χ1v) is 5.41. The molecule has 0 aliphatic heterocycles. The average Bonchev–Trinajstić information content (AvgIpc) is 2.71. The Kier molecular flexibility index (Phi) is 2.59. The van der Waals surface area contributed by atoms with E-state index in [0.717, 1.165) is 10.6 Å². The fourth-order valence-electron chi connectivity index (χ4n) is 1.31. The van der Waals surface area contributed by atoms with Crippen LogP contribution in [-0.2, 0) is 0 Å². The summed E-state index contributed by atoms with van der Waals surface area (Å²) in [5.41, 5.74) is 2.51. The largest absolute Gasteiger partial charge is 0.223 e. The third kappa shape index (κ3) is 1.82. The second-order valence-corrected chi connectivity index (χ2v) is 4.30. The Labute approximate surface area is 87.8 Å². The van der Waals surface area contributed by atoms with E-state index in [0.29, 0.717) is 5.92 Å². The van der Waals surface area contributed by atoms with E-state index in [1.165, 1.54) is 17.1 Å². The molecule has 0 fully saturated rings. The standard InChI is InChI=1S/C11H12N2S/c1-8(2)9-3-5-10(6-4-9)11-12-7-13-14-11/h3-8H,1-2H3. The Balaban J connectivity index is 2.31. The second kappa shape index (κ2) is 3.88. The van der Waals surface area contributed by atoms with E-state index in [2.05, 4.69) is 47.5 Å². The Morgan fingerprint density at radius 2 is 1.86 bits per heavy atom. The highest BCUT2D eigenvalue weighted by atomic mass is 32.1. The molecule has 0 saturated heterocycles. The average molecular weight is 204 g/mol. The lowest BCUT2D eigenvalue weighted by molar-refractivity contribution is 0.867. The molecule has 0 unspecified atom stereocenters. The number of nitrogens with zero attached hydrogens (tertiary/aromatic N) is 2. The van der Waals surface area contributed by atoms with Gasteiger partial charge in [-0.1, -0.05) is 38.1 Å². The summed E-state index contributed by atoms with van der Waals surface area (Å²) >= 11 is 1.43. The molecule has 2 aromatic rings. The second-order valence-electron chi connectivity index (χ2n) is 3.52. The zero-order valence-corrected chi connectivity index (χ0v) is 9.08. The Hall–Kier alpha value is -1.22. The molecule has 3 heteroatoms. The van der Waals surface area contributed by atoms with E-state index in [4.69, 9.17) is 0 Å². The van der Waals surface area contributed by atoms with Gasteiger partial charge in [-0.2, -0.15) is 4.37 Å². The van der Waals surface area contributed by atoms with Crippen molar-refractivity contribution in [1.29, 1.82) is 0 Å². The van der Waals surface area contributed by atoms with Crippen LogP contribution in [0.1, 0.15) is 25.3 Å². The van der Waals surface area contributed by atoms with E-state index < -0.39 is 0 Å². The highest BCUT2D eigenvalue weighted by Crippen LogP contribution is 2.22. The van der Waals surface area contributed by atoms with Crippen LogP contribution in [0.15, 0.2) is 30.6 Å². The van der Waals surface area contributed by atoms with Gasteiger partial charge in [0.05, 0.1) is 0 Å². The Bertz CT molecular complexity index is 390. The molecule has 0 saturated carbocycles. The molecular formula is C11H12N2S. The van der Waals surface area contributed by atoms with Gasteiger partial charge < -0.3 is 0 Å². The van der Waals surface area contributed by atoms with Gasteiger partial charge in [0.1, 0.15) is 11.3 Å². The van der Waals surface area contributed by atoms with E-state index in [1.54, 1.807) is 6.33 Å². The van der Waals surface area contributed by atoms with E-state index in [1.807, 2.05) is 0 Å². The van der Waals surface area contributed by atoms with Crippen molar-refractivity contribution in [1.82, 2.24) is 9.36 Å². The van der Waals surface area contributed by atoms with Crippen molar-refractivity contribution in [2.45, 2.75) is 19.8 Å². The molecule has 14 heavy (non-hydrogen) atoms. The molecule has 0 amide bonds. The van der Waals surface area contributed by atoms with Crippen LogP contribution in [0.4, 0.5) is 0 Å². The number of hydrogen-bond acceptors (Lipinski definition) is 3. The van der Waals surface area contributed by atoms with Crippen molar-refractivity contribution in [3.8, 4) is 10.6 Å². The van der Waals surface area contributed by atoms with Gasteiger partial charge in [0.25, 0.3) is 0 Å². The van der Waals surface area contributed by atoms with Gasteiger partial charge in [-0.25, -0.2) is 4.98 Å². The van der Waals surface area contributed by atoms with Gasteiger partial charge in [-0.15, -0.1) is 0 Å². The molecule has 72 valence electrons. The third-order valence-corrected chi connectivity index (χ3v) is 2.90. The van der Waals surface area contributed by atoms with Crippen LogP contribution in [0, 0.1) is 0 Å². The van der Waals surface area contributed by atoms with Gasteiger partial charge >= 0.3 is 0 Å². The summed E-state index contributed by atoms with van der Waals surface area (Å²) in [6, 6.07) is 8.52. The van der Waals surface area contributed by atoms with Crippen molar-refractivity contribution in [2.75, 3.05) is 0 Å². The highest BCUT2D eigenvalue weighted by Gasteiger charge is 2.02. The SMILES string of the molecule is CC(C)c1ccc(-c2ncns2)cc1. The maximum atomic E-state index is 4.17. The summed E-state index contributed by atoms with van der Waals surface area (Å²) in [6.45, 7) is 4.39. The number of hydrogen-bond donors (Lipinski definition) is 0. The van der Waals surface area contributed by atoms with Crippen LogP contribution in [0.25, 0.3) is 10.6 Å². The fourth-order valence-corrected chi connectivity index (χ4v) is 1.84. The molecule has 0 spiro atoms. The van der Waals surface area contributed by atoms with Gasteiger partial charge in [-0.3, -0.25) is 0 Å². The lowest BCUT2D eigenvalue weighted by atomic mass is 10.0. The molecule has 0 atom stereocenters. The predicted molar refractivity (Wildman–Crippen MR) is 59.4 cm³/mol. The van der Waals surface area contributed by atoms with E-state index in [-0.39, 0.29) is 0 Å². The minimum atomic E-state index is 0.582. The predicted octanol–water partition coefficient (Wildman–Crippen LogP) is 3.33. The van der Waals surface area contributed by atoms with Crippen molar-refractivity contribution in [3.63, 3.8) is 0 Å². The van der Waals surface area contributed by atoms with Crippen LogP contribution in [0.3, 0.4) is 0 Å². The fraction of sp³-hybridized carbons (Fsp3) is 0.273. The van der Waals surface area contributed by atoms with E-state index >= 15 is 0 Å². The lowest BCUT2D eigenvalue weighted by Crippen LogP contribution is -1.86. The minimum Gasteiger partial charge on any atom is -0.223 e. The summed E-state index contributed by atoms with van der Waals surface area (Å²) in [5.74, 6) is 0.582. The summed E-state index contributed by atoms with van der Waals surface area (Å²) in [5, 5.41) is 0.986. The summed E-state index contributed by atoms with van der Waals surface area (Å²) in [6.07, 6.45) is 1.59. The molecular weight excluding hydrogens is 192 g/mol. The van der Waals surface area contributed by atoms with Crippen molar-refractivity contribution in [2.24, 2.45) is 0 Å². The smallest absolute Gasteiger partial charge is 0.143 e. The summed E-state index contributed by atoms with van der Waals surface area (Å²) in [7, 11) is 0. The van der Waals surface area contributed by atoms with Crippen LogP contribution in [0.2, 0.25) is 0 Å². The molecule has 0 radical (unpaired) electrons. The van der Waals surface area contributed by atoms with Crippen LogP contribution in [0.5, 0.6) is 0 Å². The number of rotatable bonds is 2. The quantitative estimate of drug-likeness (QED) is 0.750. The third-order valence-electron chi connectivity index (χ3n) is 2.19. The first kappa shape index (κ1) is 9.34. The maximum Gasteiger partial charge on any atom is 0.143 e. The van der Waals surface area contributed by atoms with Gasteiger partial charge in [-0.05, 0) is 23.0 Å². The topological polar surface area (TPSA) is 25.8 Å². The Morgan fingerprint density at radius 1 is 1.14 bits per heavy atom. The van der Waals surface area contributed by atoms with Crippen LogP contribution in [-0.4, -0.2) is 9.36 Å². The molecule has 1 aromatic carbocycles. The first-order valence-electron chi connectivity index (χ1n) is 4.64. The lowest BCUT2D eigenvalue weighted by Gasteiger charge is -2.04. The zero-order valence-electron chi connectivity index (χ0n) is 8.27. The highest BCUT2D eigenvalue weighted by molar-refractivity contribution is 7.09. The summed E-state index contributed by atoms with van der Waals surface area (Å²) in [4.78, 5) is 4.17. The van der Waals surface area contributed by atoms with Crippen molar-refractivity contribution < 1.29 is 0 Å². The van der Waals surface area contributed by atoms with Crippen LogP contribution >= 0.6 is 11.5 Å². The number of aromatic nitrogens is 2. The minimum absolute atomic E-state index is 0.582. The molecule has 2 rings (SSSR count). The van der Waals surface area contributed by atoms with Crippen LogP contribution < -0.4 is 0 Å². The van der Waals surface area contributed by atoms with Gasteiger partial charge in [0.15, 0.2) is 0 Å². The zero-order chi connectivity index (χ0) is 9.97.